The van der Waals surface area contributed by atoms with Gasteiger partial charge >= 0.3 is 0 Å². The van der Waals surface area contributed by atoms with Crippen LogP contribution in [0.3, 0.4) is 0 Å². The van der Waals surface area contributed by atoms with Crippen molar-refractivity contribution in [1.82, 2.24) is 4.57 Å². The topological polar surface area (TPSA) is 74.3 Å². The number of carbonyl (C=O) groups excluding carboxylic acids is 1. The Morgan fingerprint density at radius 1 is 1.21 bits per heavy atom. The maximum absolute atomic E-state index is 11.3. The second-order valence-corrected chi connectivity index (χ2v) is 6.57. The van der Waals surface area contributed by atoms with E-state index in [0.717, 1.165) is 10.9 Å². The van der Waals surface area contributed by atoms with Crippen LogP contribution < -0.4 is 11.3 Å². The van der Waals surface area contributed by atoms with Crippen LogP contribution >= 0.6 is 11.6 Å². The second kappa shape index (κ2) is 13.1. The lowest BCUT2D eigenvalue weighted by molar-refractivity contribution is 0.0998. The van der Waals surface area contributed by atoms with Gasteiger partial charge in [0.05, 0.1) is 12.2 Å². The fourth-order valence-electron chi connectivity index (χ4n) is 2.68. The molecule has 1 aliphatic rings. The van der Waals surface area contributed by atoms with E-state index >= 15 is 0 Å². The zero-order valence-electron chi connectivity index (χ0n) is 17.0. The summed E-state index contributed by atoms with van der Waals surface area (Å²) in [6.07, 6.45) is 5.47. The molecule has 6 heteroatoms. The van der Waals surface area contributed by atoms with Gasteiger partial charge in [-0.15, -0.1) is 0 Å². The molecule has 5 nitrogen and oxygen atoms in total. The third-order valence-electron chi connectivity index (χ3n) is 4.40. The Kier molecular flexibility index (Phi) is 11.2. The molecule has 0 aliphatic heterocycles. The molecule has 1 amide bonds. The van der Waals surface area contributed by atoms with E-state index in [1.54, 1.807) is 0 Å². The van der Waals surface area contributed by atoms with Gasteiger partial charge in [-0.25, -0.2) is 0 Å². The molecule has 0 unspecified atom stereocenters. The van der Waals surface area contributed by atoms with Crippen LogP contribution in [0, 0.1) is 0 Å². The molecule has 1 aliphatic carbocycles. The number of nitrogens with zero attached hydrogens (tertiary/aromatic N) is 1. The first kappa shape index (κ1) is 23.9. The van der Waals surface area contributed by atoms with Gasteiger partial charge in [0, 0.05) is 30.4 Å². The quantitative estimate of drug-likeness (QED) is 0.711. The number of halogens is 1. The fourth-order valence-corrected chi connectivity index (χ4v) is 2.97. The van der Waals surface area contributed by atoms with Gasteiger partial charge in [0.15, 0.2) is 0 Å². The molecule has 2 N–H and O–H groups in total. The van der Waals surface area contributed by atoms with Crippen molar-refractivity contribution in [3.8, 4) is 0 Å². The summed E-state index contributed by atoms with van der Waals surface area (Å²) in [5.74, 6) is 0.212. The number of aromatic nitrogens is 1. The largest absolute Gasteiger partial charge is 0.380 e. The third-order valence-corrected chi connectivity index (χ3v) is 4.74. The zero-order chi connectivity index (χ0) is 20.9. The first-order chi connectivity index (χ1) is 13.5. The molecule has 0 bridgehead atoms. The third kappa shape index (κ3) is 7.49. The van der Waals surface area contributed by atoms with Gasteiger partial charge < -0.3 is 15.0 Å². The summed E-state index contributed by atoms with van der Waals surface area (Å²) in [5, 5.41) is 0.942. The van der Waals surface area contributed by atoms with Gasteiger partial charge in [0.2, 0.25) is 5.91 Å². The number of hydrogen-bond donors (Lipinski definition) is 1. The Labute approximate surface area is 172 Å². The zero-order valence-corrected chi connectivity index (χ0v) is 17.7. The van der Waals surface area contributed by atoms with Gasteiger partial charge in [0.1, 0.15) is 0 Å². The van der Waals surface area contributed by atoms with E-state index in [4.69, 9.17) is 22.1 Å². The molecular weight excluding hydrogens is 376 g/mol. The minimum absolute atomic E-state index is 0.167. The molecule has 1 saturated carbocycles. The van der Waals surface area contributed by atoms with Gasteiger partial charge in [-0.1, -0.05) is 50.1 Å². The summed E-state index contributed by atoms with van der Waals surface area (Å²) in [6, 6.07) is 10.9. The molecule has 1 fully saturated rings. The maximum atomic E-state index is 11.3. The van der Waals surface area contributed by atoms with Crippen molar-refractivity contribution in [2.45, 2.75) is 52.5 Å². The number of hydrogen-bond acceptors (Lipinski definition) is 3. The van der Waals surface area contributed by atoms with Crippen LogP contribution in [-0.2, 0) is 11.3 Å². The van der Waals surface area contributed by atoms with Gasteiger partial charge in [0.25, 0.3) is 5.56 Å². The van der Waals surface area contributed by atoms with E-state index in [2.05, 4.69) is 12.1 Å². The van der Waals surface area contributed by atoms with E-state index in [-0.39, 0.29) is 5.56 Å². The van der Waals surface area contributed by atoms with E-state index in [1.807, 2.05) is 32.9 Å². The lowest BCUT2D eigenvalue weighted by Crippen LogP contribution is -2.24. The summed E-state index contributed by atoms with van der Waals surface area (Å²) in [4.78, 5) is 22.2. The average molecular weight is 407 g/mol. The molecule has 1 aromatic carbocycles. The summed E-state index contributed by atoms with van der Waals surface area (Å²) >= 11 is 6.03. The molecule has 0 spiro atoms. The highest BCUT2D eigenvalue weighted by atomic mass is 35.5. The molecule has 0 radical (unpaired) electrons. The minimum Gasteiger partial charge on any atom is -0.380 e. The first-order valence-electron chi connectivity index (χ1n) is 9.85. The van der Waals surface area contributed by atoms with Crippen LogP contribution in [0.4, 0.5) is 0 Å². The highest BCUT2D eigenvalue weighted by Gasteiger charge is 2.20. The van der Waals surface area contributed by atoms with Crippen molar-refractivity contribution in [2.24, 2.45) is 5.73 Å². The Balaban J connectivity index is 0.000000266. The number of rotatable bonds is 6. The Morgan fingerprint density at radius 2 is 1.89 bits per heavy atom. The number of benzene rings is 1. The van der Waals surface area contributed by atoms with Crippen molar-refractivity contribution in [3.63, 3.8) is 0 Å². The normalized spacial score (nSPS) is 12.7. The van der Waals surface area contributed by atoms with E-state index in [9.17, 15) is 9.59 Å². The highest BCUT2D eigenvalue weighted by Crippen LogP contribution is 2.39. The number of pyridine rings is 1. The Hall–Kier alpha value is -2.11. The van der Waals surface area contributed by atoms with Crippen LogP contribution in [-0.4, -0.2) is 23.7 Å². The van der Waals surface area contributed by atoms with Gasteiger partial charge in [-0.3, -0.25) is 9.59 Å². The molecular formula is C22H31ClN2O3. The van der Waals surface area contributed by atoms with Gasteiger partial charge in [-0.2, -0.15) is 0 Å². The number of nitrogens with two attached hydrogens (primary N) is 1. The highest BCUT2D eigenvalue weighted by molar-refractivity contribution is 6.31. The van der Waals surface area contributed by atoms with Crippen LogP contribution in [0.5, 0.6) is 0 Å². The van der Waals surface area contributed by atoms with E-state index in [0.29, 0.717) is 25.3 Å². The number of carbonyl (C=O) groups is 1. The molecule has 2 aromatic rings. The molecule has 1 heterocycles. The molecule has 0 saturated heterocycles. The van der Waals surface area contributed by atoms with Crippen molar-refractivity contribution in [1.29, 1.82) is 0 Å². The SMILES string of the molecule is CC.CCOCCn1cc(C(N)=O)ccc1=O.Clc1ccccc1C1CCC1. The van der Waals surface area contributed by atoms with E-state index < -0.39 is 5.91 Å². The summed E-state index contributed by atoms with van der Waals surface area (Å²) in [7, 11) is 0. The maximum Gasteiger partial charge on any atom is 0.250 e. The standard InChI is InChI=1S/C10H11Cl.C10H14N2O3.C2H6/c11-10-7-2-1-6-9(10)8-4-3-5-8;1-2-15-6-5-12-7-8(10(11)14)3-4-9(12)13;1-2/h1-2,6-8H,3-5H2;3-4,7H,2,5-6H2,1H3,(H2,11,14);1-2H3. The van der Waals surface area contributed by atoms with E-state index in [1.165, 1.54) is 47.7 Å². The lowest BCUT2D eigenvalue weighted by Gasteiger charge is -2.26. The smallest absolute Gasteiger partial charge is 0.250 e. The number of amides is 1. The monoisotopic (exact) mass is 406 g/mol. The Bertz CT molecular complexity index is 785. The molecule has 3 rings (SSSR count). The van der Waals surface area contributed by atoms with Crippen LogP contribution in [0.25, 0.3) is 0 Å². The van der Waals surface area contributed by atoms with Crippen LogP contribution in [0.15, 0.2) is 47.4 Å². The van der Waals surface area contributed by atoms with Gasteiger partial charge in [-0.05, 0) is 43.4 Å². The lowest BCUT2D eigenvalue weighted by atomic mass is 9.80. The fraction of sp³-hybridized carbons (Fsp3) is 0.455. The minimum atomic E-state index is -0.542. The van der Waals surface area contributed by atoms with Crippen LogP contribution in [0.1, 0.15) is 61.9 Å². The average Bonchev–Trinajstić information content (AvgIpc) is 2.66. The first-order valence-corrected chi connectivity index (χ1v) is 10.2. The molecule has 0 atom stereocenters. The summed E-state index contributed by atoms with van der Waals surface area (Å²) < 4.78 is 6.53. The predicted octanol–water partition coefficient (Wildman–Crippen LogP) is 4.62. The van der Waals surface area contributed by atoms with Crippen molar-refractivity contribution in [2.75, 3.05) is 13.2 Å². The molecule has 1 aromatic heterocycles. The van der Waals surface area contributed by atoms with Crippen LogP contribution in [0.2, 0.25) is 5.02 Å². The number of ether oxygens (including phenoxy) is 1. The summed E-state index contributed by atoms with van der Waals surface area (Å²) in [6.45, 7) is 7.35. The van der Waals surface area contributed by atoms with Crippen molar-refractivity contribution in [3.05, 3.63) is 69.1 Å². The second-order valence-electron chi connectivity index (χ2n) is 6.16. The number of primary amides is 1. The molecule has 154 valence electrons. The van der Waals surface area contributed by atoms with Crippen molar-refractivity contribution >= 4 is 17.5 Å². The Morgan fingerprint density at radius 3 is 2.43 bits per heavy atom. The molecule has 28 heavy (non-hydrogen) atoms. The van der Waals surface area contributed by atoms with Crippen molar-refractivity contribution < 1.29 is 9.53 Å². The predicted molar refractivity (Wildman–Crippen MR) is 115 cm³/mol. The summed E-state index contributed by atoms with van der Waals surface area (Å²) in [5.41, 5.74) is 6.61.